The van der Waals surface area contributed by atoms with Crippen molar-refractivity contribution in [2.75, 3.05) is 6.54 Å². The molecule has 0 bridgehead atoms. The van der Waals surface area contributed by atoms with Gasteiger partial charge in [0.15, 0.2) is 5.78 Å². The molecule has 2 aromatic heterocycles. The zero-order valence-electron chi connectivity index (χ0n) is 22.9. The Morgan fingerprint density at radius 3 is 2.45 bits per heavy atom. The van der Waals surface area contributed by atoms with Crippen LogP contribution < -0.4 is 11.1 Å². The Hall–Kier alpha value is -3.00. The molecule has 8 heteroatoms. The second-order valence-electron chi connectivity index (χ2n) is 12.0. The number of hydrogen-bond donors (Lipinski definition) is 2. The predicted octanol–water partition coefficient (Wildman–Crippen LogP) is 4.20. The third-order valence-electron chi connectivity index (χ3n) is 8.14. The number of ketones is 1. The minimum absolute atomic E-state index is 0.0396. The van der Waals surface area contributed by atoms with Crippen molar-refractivity contribution in [2.24, 2.45) is 23.0 Å². The molecule has 1 saturated heterocycles. The maximum absolute atomic E-state index is 13.8. The zero-order chi connectivity index (χ0) is 27.3. The van der Waals surface area contributed by atoms with Gasteiger partial charge in [-0.15, -0.1) is 0 Å². The number of nitrogens with two attached hydrogens (primary N) is 1. The summed E-state index contributed by atoms with van der Waals surface area (Å²) in [6.45, 7) is 6.14. The first-order valence-electron chi connectivity index (χ1n) is 14.0. The molecule has 206 valence electrons. The van der Waals surface area contributed by atoms with Crippen molar-refractivity contribution in [1.29, 1.82) is 0 Å². The average molecular weight is 523 g/mol. The van der Waals surface area contributed by atoms with E-state index in [0.717, 1.165) is 18.4 Å². The number of Topliss-reactive ketones (excluding diaryl/α,β-unsaturated/α-hetero) is 1. The van der Waals surface area contributed by atoms with E-state index in [1.165, 1.54) is 19.3 Å². The van der Waals surface area contributed by atoms with Gasteiger partial charge in [-0.2, -0.15) is 0 Å². The first-order chi connectivity index (χ1) is 18.1. The Morgan fingerprint density at radius 1 is 1.11 bits per heavy atom. The number of amides is 2. The van der Waals surface area contributed by atoms with Gasteiger partial charge in [0.1, 0.15) is 11.8 Å². The van der Waals surface area contributed by atoms with E-state index in [-0.39, 0.29) is 29.9 Å². The molecule has 1 unspecified atom stereocenters. The van der Waals surface area contributed by atoms with Gasteiger partial charge >= 0.3 is 0 Å². The molecule has 1 aliphatic heterocycles. The van der Waals surface area contributed by atoms with Crippen molar-refractivity contribution >= 4 is 17.6 Å². The fraction of sp³-hybridized carbons (Fsp3) is 0.600. The van der Waals surface area contributed by atoms with Crippen LogP contribution in [0.15, 0.2) is 47.3 Å². The second kappa shape index (κ2) is 12.2. The summed E-state index contributed by atoms with van der Waals surface area (Å²) >= 11 is 0. The first-order valence-corrected chi connectivity index (χ1v) is 14.0. The van der Waals surface area contributed by atoms with Gasteiger partial charge in [0.2, 0.25) is 11.8 Å². The highest BCUT2D eigenvalue weighted by atomic mass is 16.3. The monoisotopic (exact) mass is 522 g/mol. The minimum Gasteiger partial charge on any atom is -0.468 e. The molecule has 2 amide bonds. The van der Waals surface area contributed by atoms with Crippen molar-refractivity contribution in [2.45, 2.75) is 90.3 Å². The van der Waals surface area contributed by atoms with Crippen LogP contribution in [-0.2, 0) is 20.8 Å². The molecular weight excluding hydrogens is 480 g/mol. The van der Waals surface area contributed by atoms with Gasteiger partial charge in [0, 0.05) is 30.8 Å². The molecule has 4 atom stereocenters. The number of rotatable bonds is 9. The number of carbonyl (C=O) groups is 3. The molecule has 2 fully saturated rings. The summed E-state index contributed by atoms with van der Waals surface area (Å²) in [5.41, 5.74) is 6.56. The SMILES string of the molecule is CC(C)(C)C(=O)C(Cc1ccncc1)NC(=O)[C@@H]1C[C@@H](C2CCCCC2)CN1C(=O)C[C@H](N)c1ccco1. The lowest BCUT2D eigenvalue weighted by Crippen LogP contribution is -2.53. The van der Waals surface area contributed by atoms with Crippen molar-refractivity contribution in [3.05, 3.63) is 54.2 Å². The topological polar surface area (TPSA) is 119 Å². The summed E-state index contributed by atoms with van der Waals surface area (Å²) in [6, 6.07) is 5.34. The highest BCUT2D eigenvalue weighted by Gasteiger charge is 2.44. The van der Waals surface area contributed by atoms with Gasteiger partial charge in [-0.05, 0) is 54.5 Å². The van der Waals surface area contributed by atoms with Crippen LogP contribution in [0.3, 0.4) is 0 Å². The van der Waals surface area contributed by atoms with Crippen molar-refractivity contribution in [1.82, 2.24) is 15.2 Å². The van der Waals surface area contributed by atoms with Crippen LogP contribution >= 0.6 is 0 Å². The first kappa shape index (κ1) is 28.0. The van der Waals surface area contributed by atoms with Gasteiger partial charge in [-0.3, -0.25) is 19.4 Å². The Morgan fingerprint density at radius 2 is 1.82 bits per heavy atom. The lowest BCUT2D eigenvalue weighted by atomic mass is 9.79. The van der Waals surface area contributed by atoms with E-state index < -0.39 is 23.5 Å². The van der Waals surface area contributed by atoms with Crippen LogP contribution in [0.1, 0.15) is 83.1 Å². The minimum atomic E-state index is -0.694. The molecule has 3 heterocycles. The van der Waals surface area contributed by atoms with Gasteiger partial charge in [0.25, 0.3) is 0 Å². The van der Waals surface area contributed by atoms with Gasteiger partial charge in [0.05, 0.1) is 18.3 Å². The summed E-state index contributed by atoms with van der Waals surface area (Å²) in [6.07, 6.45) is 11.9. The van der Waals surface area contributed by atoms with Crippen LogP contribution in [-0.4, -0.2) is 46.1 Å². The quantitative estimate of drug-likeness (QED) is 0.509. The molecule has 0 spiro atoms. The van der Waals surface area contributed by atoms with Crippen LogP contribution in [0.5, 0.6) is 0 Å². The van der Waals surface area contributed by atoms with E-state index in [1.54, 1.807) is 35.7 Å². The fourth-order valence-electron chi connectivity index (χ4n) is 6.00. The van der Waals surface area contributed by atoms with Crippen molar-refractivity contribution in [3.8, 4) is 0 Å². The summed E-state index contributed by atoms with van der Waals surface area (Å²) in [4.78, 5) is 46.5. The number of likely N-dealkylation sites (tertiary alicyclic amines) is 1. The molecule has 2 aliphatic rings. The Kier molecular flexibility index (Phi) is 9.03. The summed E-state index contributed by atoms with van der Waals surface area (Å²) in [5.74, 6) is 0.879. The van der Waals surface area contributed by atoms with Crippen molar-refractivity contribution < 1.29 is 18.8 Å². The Balaban J connectivity index is 1.53. The lowest BCUT2D eigenvalue weighted by Gasteiger charge is -2.29. The molecule has 0 radical (unpaired) electrons. The number of aromatic nitrogens is 1. The van der Waals surface area contributed by atoms with E-state index in [4.69, 9.17) is 10.2 Å². The van der Waals surface area contributed by atoms with Crippen LogP contribution in [0.2, 0.25) is 0 Å². The average Bonchev–Trinajstić information content (AvgIpc) is 3.59. The largest absolute Gasteiger partial charge is 0.468 e. The molecule has 4 rings (SSSR count). The van der Waals surface area contributed by atoms with E-state index in [2.05, 4.69) is 10.3 Å². The van der Waals surface area contributed by atoms with Crippen molar-refractivity contribution in [3.63, 3.8) is 0 Å². The normalized spacial score (nSPS) is 22.2. The molecule has 0 aromatic carbocycles. The standard InChI is InChI=1S/C30H42N4O4/c1-30(2,3)28(36)24(16-20-11-13-32-14-12-20)33-29(37)25-17-22(21-8-5-4-6-9-21)19-34(25)27(35)18-23(31)26-10-7-15-38-26/h7,10-15,21-25H,4-6,8-9,16-19,31H2,1-3H3,(H,33,37)/t22-,23+,24?,25+/m1/s1. The summed E-state index contributed by atoms with van der Waals surface area (Å²) < 4.78 is 5.40. The number of furan rings is 1. The molecule has 1 aliphatic carbocycles. The summed E-state index contributed by atoms with van der Waals surface area (Å²) in [7, 11) is 0. The van der Waals surface area contributed by atoms with E-state index in [1.807, 2.05) is 32.9 Å². The molecule has 38 heavy (non-hydrogen) atoms. The highest BCUT2D eigenvalue weighted by molar-refractivity contribution is 5.95. The smallest absolute Gasteiger partial charge is 0.243 e. The maximum Gasteiger partial charge on any atom is 0.243 e. The predicted molar refractivity (Wildman–Crippen MR) is 145 cm³/mol. The molecular formula is C30H42N4O4. The number of nitrogens with zero attached hydrogens (tertiary/aromatic N) is 2. The number of hydrogen-bond acceptors (Lipinski definition) is 6. The third kappa shape index (κ3) is 6.90. The Labute approximate surface area is 225 Å². The Bertz CT molecular complexity index is 1070. The maximum atomic E-state index is 13.8. The number of carbonyl (C=O) groups excluding carboxylic acids is 3. The van der Waals surface area contributed by atoms with Gasteiger partial charge < -0.3 is 20.4 Å². The second-order valence-corrected chi connectivity index (χ2v) is 12.0. The molecule has 3 N–H and O–H groups in total. The fourth-order valence-corrected chi connectivity index (χ4v) is 6.00. The van der Waals surface area contributed by atoms with Crippen LogP contribution in [0.25, 0.3) is 0 Å². The number of nitrogens with one attached hydrogen (secondary N) is 1. The van der Waals surface area contributed by atoms with E-state index in [9.17, 15) is 14.4 Å². The highest BCUT2D eigenvalue weighted by Crippen LogP contribution is 2.38. The third-order valence-corrected chi connectivity index (χ3v) is 8.14. The van der Waals surface area contributed by atoms with Crippen LogP contribution in [0, 0.1) is 17.3 Å². The molecule has 8 nitrogen and oxygen atoms in total. The van der Waals surface area contributed by atoms with Gasteiger partial charge in [-0.25, -0.2) is 0 Å². The zero-order valence-corrected chi connectivity index (χ0v) is 22.9. The number of pyridine rings is 1. The van der Waals surface area contributed by atoms with Gasteiger partial charge in [-0.1, -0.05) is 52.9 Å². The van der Waals surface area contributed by atoms with E-state index in [0.29, 0.717) is 31.1 Å². The van der Waals surface area contributed by atoms with E-state index >= 15 is 0 Å². The molecule has 2 aromatic rings. The molecule has 1 saturated carbocycles. The van der Waals surface area contributed by atoms with Crippen LogP contribution in [0.4, 0.5) is 0 Å². The summed E-state index contributed by atoms with van der Waals surface area (Å²) in [5, 5.41) is 3.05. The lowest BCUT2D eigenvalue weighted by molar-refractivity contribution is -0.140.